The maximum atomic E-state index is 14.4. The fraction of sp³-hybridized carbons (Fsp3) is 0.348. The highest BCUT2D eigenvalue weighted by atomic mass is 35.5. The van der Waals surface area contributed by atoms with E-state index in [4.69, 9.17) is 26.8 Å². The molecule has 0 saturated carbocycles. The number of amides is 1. The number of aromatic nitrogens is 2. The van der Waals surface area contributed by atoms with E-state index < -0.39 is 5.82 Å². The van der Waals surface area contributed by atoms with Gasteiger partial charge in [0, 0.05) is 17.0 Å². The highest BCUT2D eigenvalue weighted by molar-refractivity contribution is 6.30. The molecule has 1 saturated heterocycles. The van der Waals surface area contributed by atoms with Crippen LogP contribution in [0.2, 0.25) is 5.02 Å². The van der Waals surface area contributed by atoms with Crippen LogP contribution in [0.15, 0.2) is 36.4 Å². The summed E-state index contributed by atoms with van der Waals surface area (Å²) in [5.41, 5.74) is 6.31. The molecule has 0 radical (unpaired) electrons. The van der Waals surface area contributed by atoms with E-state index in [0.29, 0.717) is 47.1 Å². The van der Waals surface area contributed by atoms with Crippen LogP contribution in [0, 0.1) is 5.82 Å². The molecule has 0 aliphatic carbocycles. The van der Waals surface area contributed by atoms with E-state index in [9.17, 15) is 9.18 Å². The minimum absolute atomic E-state index is 0.164. The summed E-state index contributed by atoms with van der Waals surface area (Å²) in [7, 11) is 1.56. The number of nitrogens with two attached hydrogens (primary N) is 1. The molecule has 1 unspecified atom stereocenters. The zero-order valence-corrected chi connectivity index (χ0v) is 18.9. The maximum Gasteiger partial charge on any atom is 0.318 e. The lowest BCUT2D eigenvalue weighted by atomic mass is 10.2. The topological polar surface area (TPSA) is 103 Å². The van der Waals surface area contributed by atoms with Crippen molar-refractivity contribution in [2.45, 2.75) is 25.3 Å². The number of ether oxygens (including phenoxy) is 2. The predicted molar refractivity (Wildman–Crippen MR) is 125 cm³/mol. The Bertz CT molecular complexity index is 1160. The smallest absolute Gasteiger partial charge is 0.318 e. The van der Waals surface area contributed by atoms with Gasteiger partial charge in [-0.2, -0.15) is 9.97 Å². The number of hydrogen-bond acceptors (Lipinski definition) is 7. The van der Waals surface area contributed by atoms with E-state index in [2.05, 4.69) is 20.2 Å². The van der Waals surface area contributed by atoms with Crippen LogP contribution in [0.5, 0.6) is 11.8 Å². The first-order valence-electron chi connectivity index (χ1n) is 10.7. The average Bonchev–Trinajstić information content (AvgIpc) is 3.27. The first kappa shape index (κ1) is 23.0. The first-order valence-corrected chi connectivity index (χ1v) is 11.1. The molecule has 8 nitrogen and oxygen atoms in total. The highest BCUT2D eigenvalue weighted by Crippen LogP contribution is 2.30. The summed E-state index contributed by atoms with van der Waals surface area (Å²) < 4.78 is 25.5. The summed E-state index contributed by atoms with van der Waals surface area (Å²) in [4.78, 5) is 22.6. The van der Waals surface area contributed by atoms with E-state index in [-0.39, 0.29) is 23.6 Å². The summed E-state index contributed by atoms with van der Waals surface area (Å²) in [5, 5.41) is 3.96. The highest BCUT2D eigenvalue weighted by Gasteiger charge is 2.28. The minimum Gasteiger partial charge on any atom is -0.497 e. The third kappa shape index (κ3) is 5.43. The van der Waals surface area contributed by atoms with Crippen molar-refractivity contribution in [2.75, 3.05) is 32.1 Å². The zero-order chi connectivity index (χ0) is 23.4. The van der Waals surface area contributed by atoms with Gasteiger partial charge in [-0.25, -0.2) is 4.39 Å². The Morgan fingerprint density at radius 3 is 2.91 bits per heavy atom. The van der Waals surface area contributed by atoms with E-state index >= 15 is 0 Å². The second kappa shape index (κ2) is 10.2. The molecule has 0 bridgehead atoms. The van der Waals surface area contributed by atoms with E-state index in [1.165, 1.54) is 12.1 Å². The lowest BCUT2D eigenvalue weighted by molar-refractivity contribution is -0.122. The minimum atomic E-state index is -0.505. The van der Waals surface area contributed by atoms with Gasteiger partial charge in [0.25, 0.3) is 0 Å². The van der Waals surface area contributed by atoms with Crippen molar-refractivity contribution < 1.29 is 18.7 Å². The van der Waals surface area contributed by atoms with Gasteiger partial charge in [0.2, 0.25) is 5.91 Å². The number of methoxy groups -OCH3 is 1. The number of anilines is 2. The summed E-state index contributed by atoms with van der Waals surface area (Å²) in [5.74, 6) is 0.207. The van der Waals surface area contributed by atoms with Gasteiger partial charge in [-0.3, -0.25) is 9.69 Å². The molecular weight excluding hydrogens is 449 g/mol. The molecule has 0 spiro atoms. The Labute approximate surface area is 195 Å². The van der Waals surface area contributed by atoms with Crippen molar-refractivity contribution in [3.63, 3.8) is 0 Å². The van der Waals surface area contributed by atoms with Gasteiger partial charge in [0.1, 0.15) is 17.4 Å². The Balaban J connectivity index is 1.51. The van der Waals surface area contributed by atoms with Gasteiger partial charge in [-0.05, 0) is 62.2 Å². The Kier molecular flexibility index (Phi) is 7.10. The molecule has 3 N–H and O–H groups in total. The predicted octanol–water partition coefficient (Wildman–Crippen LogP) is 3.89. The van der Waals surface area contributed by atoms with Crippen LogP contribution in [-0.4, -0.2) is 53.6 Å². The van der Waals surface area contributed by atoms with Crippen molar-refractivity contribution in [3.8, 4) is 11.8 Å². The number of benzene rings is 2. The second-order valence-electron chi connectivity index (χ2n) is 7.79. The maximum absolute atomic E-state index is 14.4. The lowest BCUT2D eigenvalue weighted by Gasteiger charge is -2.21. The molecule has 1 aliphatic heterocycles. The van der Waals surface area contributed by atoms with Gasteiger partial charge >= 0.3 is 6.01 Å². The molecule has 10 heteroatoms. The number of carbonyl (C=O) groups is 1. The fourth-order valence-electron chi connectivity index (χ4n) is 3.94. The Morgan fingerprint density at radius 1 is 1.30 bits per heavy atom. The van der Waals surface area contributed by atoms with Crippen LogP contribution < -0.4 is 20.5 Å². The lowest BCUT2D eigenvalue weighted by Crippen LogP contribution is -2.41. The van der Waals surface area contributed by atoms with Crippen LogP contribution in [0.1, 0.15) is 19.3 Å². The van der Waals surface area contributed by atoms with E-state index in [1.807, 2.05) is 0 Å². The van der Waals surface area contributed by atoms with Gasteiger partial charge in [0.05, 0.1) is 31.0 Å². The molecule has 1 amide bonds. The molecule has 2 heterocycles. The van der Waals surface area contributed by atoms with Crippen LogP contribution in [0.4, 0.5) is 15.9 Å². The number of primary amides is 1. The second-order valence-corrected chi connectivity index (χ2v) is 8.22. The molecule has 1 aliphatic rings. The van der Waals surface area contributed by atoms with Gasteiger partial charge in [-0.15, -0.1) is 0 Å². The zero-order valence-electron chi connectivity index (χ0n) is 18.2. The van der Waals surface area contributed by atoms with Crippen LogP contribution in [-0.2, 0) is 4.79 Å². The summed E-state index contributed by atoms with van der Waals surface area (Å²) in [6.07, 6.45) is 2.44. The molecule has 33 heavy (non-hydrogen) atoms. The number of nitrogens with zero attached hydrogens (tertiary/aromatic N) is 3. The molecule has 174 valence electrons. The SMILES string of the molecule is COc1ccc2nc(OCCCN3CCCC3C(N)=O)nc(Nc3ccc(Cl)cc3F)c2c1. The number of nitrogens with one attached hydrogen (secondary N) is 1. The number of fused-ring (bicyclic) bond motifs is 1. The fourth-order valence-corrected chi connectivity index (χ4v) is 4.10. The number of likely N-dealkylation sites (tertiary alicyclic amines) is 1. The summed E-state index contributed by atoms with van der Waals surface area (Å²) in [6.45, 7) is 1.90. The average molecular weight is 474 g/mol. The van der Waals surface area contributed by atoms with Crippen molar-refractivity contribution in [1.29, 1.82) is 0 Å². The van der Waals surface area contributed by atoms with Crippen LogP contribution in [0.25, 0.3) is 10.9 Å². The van der Waals surface area contributed by atoms with Crippen LogP contribution >= 0.6 is 11.6 Å². The number of halogens is 2. The molecular formula is C23H25ClFN5O3. The monoisotopic (exact) mass is 473 g/mol. The van der Waals surface area contributed by atoms with Crippen molar-refractivity contribution >= 4 is 39.9 Å². The molecule has 1 fully saturated rings. The number of carbonyl (C=O) groups excluding carboxylic acids is 1. The van der Waals surface area contributed by atoms with Gasteiger partial charge < -0.3 is 20.5 Å². The molecule has 1 aromatic heterocycles. The Morgan fingerprint density at radius 2 is 2.15 bits per heavy atom. The summed E-state index contributed by atoms with van der Waals surface area (Å²) >= 11 is 5.87. The summed E-state index contributed by atoms with van der Waals surface area (Å²) in [6, 6.07) is 9.65. The number of rotatable bonds is 9. The first-order chi connectivity index (χ1) is 15.9. The van der Waals surface area contributed by atoms with Crippen LogP contribution in [0.3, 0.4) is 0 Å². The Hall–Kier alpha value is -3.17. The third-order valence-corrected chi connectivity index (χ3v) is 5.81. The van der Waals surface area contributed by atoms with Crippen molar-refractivity contribution in [2.24, 2.45) is 5.73 Å². The quantitative estimate of drug-likeness (QED) is 0.454. The normalized spacial score (nSPS) is 16.2. The molecule has 1 atom stereocenters. The van der Waals surface area contributed by atoms with Gasteiger partial charge in [0.15, 0.2) is 0 Å². The van der Waals surface area contributed by atoms with E-state index in [0.717, 1.165) is 19.4 Å². The van der Waals surface area contributed by atoms with Crippen molar-refractivity contribution in [1.82, 2.24) is 14.9 Å². The molecule has 2 aromatic carbocycles. The van der Waals surface area contributed by atoms with Crippen molar-refractivity contribution in [3.05, 3.63) is 47.2 Å². The molecule has 4 rings (SSSR count). The number of hydrogen-bond donors (Lipinski definition) is 2. The largest absolute Gasteiger partial charge is 0.497 e. The standard InChI is InChI=1S/C23H25ClFN5O3/c1-32-15-6-8-18-16(13-15)22(27-19-7-5-14(24)12-17(19)25)29-23(28-18)33-11-3-10-30-9-2-4-20(30)21(26)31/h5-8,12-13,20H,2-4,9-11H2,1H3,(H2,26,31)(H,27,28,29). The van der Waals surface area contributed by atoms with Gasteiger partial charge in [-0.1, -0.05) is 11.6 Å². The molecule has 3 aromatic rings. The van der Waals surface area contributed by atoms with E-state index in [1.54, 1.807) is 31.4 Å². The third-order valence-electron chi connectivity index (χ3n) is 5.58.